The number of nitrogens with zero attached hydrogens (tertiary/aromatic N) is 2. The van der Waals surface area contributed by atoms with Gasteiger partial charge in [0.05, 0.1) is 6.67 Å². The molecule has 2 aliphatic heterocycles. The molecule has 0 aromatic heterocycles. The first kappa shape index (κ1) is 21.3. The van der Waals surface area contributed by atoms with Crippen molar-refractivity contribution in [1.29, 1.82) is 0 Å². The van der Waals surface area contributed by atoms with Crippen molar-refractivity contribution in [2.75, 3.05) is 19.8 Å². The molecule has 162 valence electrons. The molecule has 3 amide bonds. The summed E-state index contributed by atoms with van der Waals surface area (Å²) in [6.45, 7) is 10.1. The van der Waals surface area contributed by atoms with Crippen LogP contribution in [-0.2, 0) is 15.7 Å². The van der Waals surface area contributed by atoms with Crippen LogP contribution in [0.4, 0.5) is 4.79 Å². The number of nitrogens with one attached hydrogen (secondary N) is 1. The van der Waals surface area contributed by atoms with Gasteiger partial charge in [0.1, 0.15) is 5.54 Å². The van der Waals surface area contributed by atoms with Gasteiger partial charge in [0, 0.05) is 13.1 Å². The lowest BCUT2D eigenvalue weighted by molar-refractivity contribution is -0.132. The monoisotopic (exact) mass is 417 g/mol. The van der Waals surface area contributed by atoms with Crippen LogP contribution in [0.3, 0.4) is 0 Å². The summed E-state index contributed by atoms with van der Waals surface area (Å²) in [7, 11) is 0. The van der Waals surface area contributed by atoms with E-state index < -0.39 is 5.54 Å². The molecule has 1 atom stereocenters. The topological polar surface area (TPSA) is 52.7 Å². The average Bonchev–Trinajstić information content (AvgIpc) is 2.98. The van der Waals surface area contributed by atoms with Gasteiger partial charge in [-0.25, -0.2) is 9.69 Å². The molecule has 0 unspecified atom stereocenters. The maximum Gasteiger partial charge on any atom is 0.326 e. The zero-order chi connectivity index (χ0) is 22.2. The van der Waals surface area contributed by atoms with Gasteiger partial charge in [-0.3, -0.25) is 9.69 Å². The Morgan fingerprint density at radius 1 is 1.00 bits per heavy atom. The number of carbonyl (C=O) groups excluding carboxylic acids is 2. The molecular weight excluding hydrogens is 386 g/mol. The minimum Gasteiger partial charge on any atom is -0.319 e. The van der Waals surface area contributed by atoms with Crippen molar-refractivity contribution in [3.8, 4) is 0 Å². The lowest BCUT2D eigenvalue weighted by Crippen LogP contribution is -2.44. The van der Waals surface area contributed by atoms with Crippen LogP contribution in [-0.4, -0.2) is 41.5 Å². The fourth-order valence-electron chi connectivity index (χ4n) is 4.28. The molecule has 2 aromatic carbocycles. The molecule has 1 N–H and O–H groups in total. The molecule has 2 heterocycles. The zero-order valence-electron chi connectivity index (χ0n) is 18.8. The molecule has 5 heteroatoms. The molecule has 0 bridgehead atoms. The maximum absolute atomic E-state index is 13.3. The fraction of sp³-hybridized carbons (Fsp3) is 0.385. The number of hydrogen-bond acceptors (Lipinski definition) is 3. The Morgan fingerprint density at radius 2 is 1.68 bits per heavy atom. The van der Waals surface area contributed by atoms with Gasteiger partial charge in [-0.05, 0) is 41.0 Å². The van der Waals surface area contributed by atoms with Gasteiger partial charge >= 0.3 is 6.03 Å². The summed E-state index contributed by atoms with van der Waals surface area (Å²) in [5, 5.41) is 2.92. The standard InChI is InChI=1S/C26H31N3O2/c1-25(2,3)21-10-12-22(13-11-21)26(4)23(30)29(24(31)27-26)18-28-16-14-20(15-17-28)19-8-6-5-7-9-19/h5-14H,15-18H2,1-4H3,(H,27,31)/t26-/m1/s1. The molecule has 5 nitrogen and oxygen atoms in total. The van der Waals surface area contributed by atoms with E-state index in [1.54, 1.807) is 6.92 Å². The third-order valence-electron chi connectivity index (χ3n) is 6.38. The summed E-state index contributed by atoms with van der Waals surface area (Å²) in [6, 6.07) is 18.0. The highest BCUT2D eigenvalue weighted by Crippen LogP contribution is 2.31. The van der Waals surface area contributed by atoms with E-state index in [9.17, 15) is 9.59 Å². The molecule has 1 saturated heterocycles. The molecule has 2 aliphatic rings. The highest BCUT2D eigenvalue weighted by molar-refractivity contribution is 6.07. The molecule has 1 fully saturated rings. The molecule has 0 aliphatic carbocycles. The lowest BCUT2D eigenvalue weighted by atomic mass is 9.84. The maximum atomic E-state index is 13.3. The largest absolute Gasteiger partial charge is 0.326 e. The predicted octanol–water partition coefficient (Wildman–Crippen LogP) is 4.50. The molecule has 31 heavy (non-hydrogen) atoms. The van der Waals surface area contributed by atoms with E-state index in [4.69, 9.17) is 0 Å². The first-order valence-electron chi connectivity index (χ1n) is 10.9. The van der Waals surface area contributed by atoms with Crippen molar-refractivity contribution in [3.05, 3.63) is 77.4 Å². The Labute approximate surface area is 184 Å². The van der Waals surface area contributed by atoms with Crippen LogP contribution in [0.15, 0.2) is 60.7 Å². The molecule has 0 spiro atoms. The van der Waals surface area contributed by atoms with Gasteiger partial charge in [0.2, 0.25) is 0 Å². The first-order valence-corrected chi connectivity index (χ1v) is 10.9. The number of imide groups is 1. The summed E-state index contributed by atoms with van der Waals surface area (Å²) in [6.07, 6.45) is 3.10. The van der Waals surface area contributed by atoms with E-state index in [-0.39, 0.29) is 17.4 Å². The second-order valence-electron chi connectivity index (χ2n) is 9.68. The van der Waals surface area contributed by atoms with Crippen molar-refractivity contribution in [2.24, 2.45) is 0 Å². The van der Waals surface area contributed by atoms with E-state index >= 15 is 0 Å². The fourth-order valence-corrected chi connectivity index (χ4v) is 4.28. The Bertz CT molecular complexity index is 1010. The van der Waals surface area contributed by atoms with E-state index in [0.717, 1.165) is 25.1 Å². The lowest BCUT2D eigenvalue weighted by Gasteiger charge is -2.30. The highest BCUT2D eigenvalue weighted by atomic mass is 16.2. The van der Waals surface area contributed by atoms with Gasteiger partial charge in [-0.2, -0.15) is 0 Å². The Balaban J connectivity index is 1.46. The summed E-state index contributed by atoms with van der Waals surface area (Å²) >= 11 is 0. The van der Waals surface area contributed by atoms with Gasteiger partial charge in [-0.1, -0.05) is 81.4 Å². The summed E-state index contributed by atoms with van der Waals surface area (Å²) in [5.41, 5.74) is 3.57. The van der Waals surface area contributed by atoms with Crippen LogP contribution in [0.1, 0.15) is 50.8 Å². The van der Waals surface area contributed by atoms with E-state index in [1.807, 2.05) is 42.5 Å². The Morgan fingerprint density at radius 3 is 2.26 bits per heavy atom. The minimum absolute atomic E-state index is 0.0365. The van der Waals surface area contributed by atoms with Gasteiger partial charge < -0.3 is 5.32 Å². The van der Waals surface area contributed by atoms with E-state index in [0.29, 0.717) is 6.67 Å². The normalized spacial score (nSPS) is 22.5. The molecular formula is C26H31N3O2. The number of amides is 3. The number of urea groups is 1. The smallest absolute Gasteiger partial charge is 0.319 e. The number of carbonyl (C=O) groups is 2. The van der Waals surface area contributed by atoms with Crippen LogP contribution in [0.2, 0.25) is 0 Å². The van der Waals surface area contributed by atoms with Crippen LogP contribution in [0.25, 0.3) is 5.57 Å². The van der Waals surface area contributed by atoms with Gasteiger partial charge in [0.15, 0.2) is 0 Å². The van der Waals surface area contributed by atoms with E-state index in [2.05, 4.69) is 49.2 Å². The first-order chi connectivity index (χ1) is 14.7. The summed E-state index contributed by atoms with van der Waals surface area (Å²) in [5.74, 6) is -0.196. The van der Waals surface area contributed by atoms with Crippen LogP contribution in [0, 0.1) is 0 Å². The number of hydrogen-bond donors (Lipinski definition) is 1. The SMILES string of the molecule is CC(C)(C)c1ccc([C@@]2(C)NC(=O)N(CN3CC=C(c4ccccc4)CC3)C2=O)cc1. The number of benzene rings is 2. The van der Waals surface area contributed by atoms with Crippen molar-refractivity contribution in [2.45, 2.75) is 45.1 Å². The van der Waals surface area contributed by atoms with Crippen LogP contribution in [0.5, 0.6) is 0 Å². The van der Waals surface area contributed by atoms with Crippen molar-refractivity contribution in [1.82, 2.24) is 15.1 Å². The van der Waals surface area contributed by atoms with Crippen molar-refractivity contribution >= 4 is 17.5 Å². The summed E-state index contributed by atoms with van der Waals surface area (Å²) < 4.78 is 0. The Hall–Kier alpha value is -2.92. The minimum atomic E-state index is -1.03. The van der Waals surface area contributed by atoms with Crippen molar-refractivity contribution in [3.63, 3.8) is 0 Å². The van der Waals surface area contributed by atoms with Crippen LogP contribution >= 0.6 is 0 Å². The zero-order valence-corrected chi connectivity index (χ0v) is 18.8. The third-order valence-corrected chi connectivity index (χ3v) is 6.38. The van der Waals surface area contributed by atoms with Crippen LogP contribution < -0.4 is 5.32 Å². The summed E-state index contributed by atoms with van der Waals surface area (Å²) in [4.78, 5) is 29.5. The second-order valence-corrected chi connectivity index (χ2v) is 9.68. The highest BCUT2D eigenvalue weighted by Gasteiger charge is 2.49. The third kappa shape index (κ3) is 4.15. The molecule has 0 saturated carbocycles. The molecule has 4 rings (SSSR count). The van der Waals surface area contributed by atoms with Gasteiger partial charge in [-0.15, -0.1) is 0 Å². The Kier molecular flexibility index (Phi) is 5.48. The average molecular weight is 418 g/mol. The molecule has 2 aromatic rings. The molecule has 0 radical (unpaired) electrons. The van der Waals surface area contributed by atoms with Crippen molar-refractivity contribution < 1.29 is 9.59 Å². The van der Waals surface area contributed by atoms with Gasteiger partial charge in [0.25, 0.3) is 5.91 Å². The number of rotatable bonds is 4. The second kappa shape index (κ2) is 7.97. The quantitative estimate of drug-likeness (QED) is 0.746. The van der Waals surface area contributed by atoms with E-state index in [1.165, 1.54) is 21.6 Å². The predicted molar refractivity (Wildman–Crippen MR) is 123 cm³/mol.